The molecule has 54 heavy (non-hydrogen) atoms. The number of hydrogen-bond donors (Lipinski definition) is 0. The van der Waals surface area contributed by atoms with Crippen molar-refractivity contribution in [2.24, 2.45) is 0 Å². The third-order valence-corrected chi connectivity index (χ3v) is 13.3. The molecule has 0 radical (unpaired) electrons. The van der Waals surface area contributed by atoms with Crippen LogP contribution < -0.4 is 4.90 Å². The van der Waals surface area contributed by atoms with Gasteiger partial charge in [-0.25, -0.2) is 0 Å². The Morgan fingerprint density at radius 1 is 0.481 bits per heavy atom. The van der Waals surface area contributed by atoms with Crippen molar-refractivity contribution in [1.82, 2.24) is 4.57 Å². The molecule has 0 fully saturated rings. The number of anilines is 3. The summed E-state index contributed by atoms with van der Waals surface area (Å²) in [6.45, 7) is 4.81. The van der Waals surface area contributed by atoms with Crippen LogP contribution in [0.5, 0.6) is 0 Å². The lowest BCUT2D eigenvalue weighted by Gasteiger charge is -2.30. The number of nitrogens with zero attached hydrogens (tertiary/aromatic N) is 2. The molecule has 2 nitrogen and oxygen atoms in total. The van der Waals surface area contributed by atoms with Gasteiger partial charge in [0.2, 0.25) is 0 Å². The fourth-order valence-electron chi connectivity index (χ4n) is 9.65. The van der Waals surface area contributed by atoms with Gasteiger partial charge in [-0.2, -0.15) is 0 Å². The van der Waals surface area contributed by atoms with Crippen LogP contribution in [0.1, 0.15) is 25.0 Å². The average Bonchev–Trinajstić information content (AvgIpc) is 3.80. The summed E-state index contributed by atoms with van der Waals surface area (Å²) in [5, 5.41) is 5.21. The monoisotopic (exact) mass is 706 g/mol. The van der Waals surface area contributed by atoms with Crippen LogP contribution in [0.2, 0.25) is 0 Å². The third kappa shape index (κ3) is 3.94. The van der Waals surface area contributed by atoms with E-state index in [9.17, 15) is 0 Å². The van der Waals surface area contributed by atoms with Gasteiger partial charge in [0.15, 0.2) is 0 Å². The molecule has 0 unspecified atom stereocenters. The Bertz CT molecular complexity index is 3180. The fraction of sp³-hybridized carbons (Fsp3) is 0.0588. The minimum absolute atomic E-state index is 0.156. The Labute approximate surface area is 317 Å². The molecule has 254 valence electrons. The van der Waals surface area contributed by atoms with Crippen LogP contribution in [0.25, 0.3) is 81.0 Å². The summed E-state index contributed by atoms with van der Waals surface area (Å²) in [7, 11) is 0. The Hall–Kier alpha value is -6.42. The minimum Gasteiger partial charge on any atom is -0.310 e. The number of fused-ring (bicyclic) bond motifs is 9. The fourth-order valence-corrected chi connectivity index (χ4v) is 10.7. The SMILES string of the molecule is CC1(C)c2ccc(N(c3ccc(-c4ccccc4)cc3)c3ccc4sc5ccccc5c4c3)c3c2-c2c1ccc1c4ccccc4n(c21)-c1ccccc1-3. The van der Waals surface area contributed by atoms with Crippen LogP contribution in [0.3, 0.4) is 0 Å². The largest absolute Gasteiger partial charge is 0.310 e. The number of rotatable bonds is 4. The molecule has 0 bridgehead atoms. The van der Waals surface area contributed by atoms with E-state index < -0.39 is 0 Å². The summed E-state index contributed by atoms with van der Waals surface area (Å²) in [5.41, 5.74) is 17.6. The molecule has 0 saturated carbocycles. The molecule has 0 spiro atoms. The zero-order valence-electron chi connectivity index (χ0n) is 30.0. The minimum atomic E-state index is -0.156. The summed E-state index contributed by atoms with van der Waals surface area (Å²) >= 11 is 1.87. The van der Waals surface area contributed by atoms with Crippen LogP contribution in [-0.2, 0) is 5.41 Å². The van der Waals surface area contributed by atoms with Gasteiger partial charge in [-0.1, -0.05) is 129 Å². The van der Waals surface area contributed by atoms with Gasteiger partial charge >= 0.3 is 0 Å². The predicted octanol–water partition coefficient (Wildman–Crippen LogP) is 14.6. The van der Waals surface area contributed by atoms with E-state index in [2.05, 4.69) is 193 Å². The molecule has 8 aromatic carbocycles. The van der Waals surface area contributed by atoms with Gasteiger partial charge in [-0.05, 0) is 82.4 Å². The van der Waals surface area contributed by atoms with Crippen molar-refractivity contribution < 1.29 is 0 Å². The first-order valence-electron chi connectivity index (χ1n) is 18.8. The first kappa shape index (κ1) is 30.1. The maximum Gasteiger partial charge on any atom is 0.0623 e. The van der Waals surface area contributed by atoms with E-state index in [0.717, 1.165) is 11.4 Å². The summed E-state index contributed by atoms with van der Waals surface area (Å²) < 4.78 is 5.18. The summed E-state index contributed by atoms with van der Waals surface area (Å²) in [6.07, 6.45) is 0. The lowest BCUT2D eigenvalue weighted by atomic mass is 9.81. The highest BCUT2D eigenvalue weighted by Crippen LogP contribution is 2.61. The highest BCUT2D eigenvalue weighted by atomic mass is 32.1. The van der Waals surface area contributed by atoms with Gasteiger partial charge in [0, 0.05) is 64.4 Å². The second-order valence-electron chi connectivity index (χ2n) is 15.3. The Balaban J connectivity index is 1.20. The molecule has 0 saturated heterocycles. The molecule has 1 aliphatic heterocycles. The molecule has 0 atom stereocenters. The second kappa shape index (κ2) is 10.8. The van der Waals surface area contributed by atoms with Gasteiger partial charge in [0.1, 0.15) is 0 Å². The number of hydrogen-bond acceptors (Lipinski definition) is 2. The number of benzene rings is 8. The molecule has 10 aromatic rings. The van der Waals surface area contributed by atoms with E-state index in [0.29, 0.717) is 0 Å². The van der Waals surface area contributed by atoms with Crippen molar-refractivity contribution in [3.8, 4) is 39.1 Å². The van der Waals surface area contributed by atoms with Gasteiger partial charge in [-0.3, -0.25) is 0 Å². The molecule has 12 rings (SSSR count). The molecule has 0 N–H and O–H groups in total. The number of aromatic nitrogens is 1. The summed E-state index contributed by atoms with van der Waals surface area (Å²) in [5.74, 6) is 0. The molecule has 2 aromatic heterocycles. The highest BCUT2D eigenvalue weighted by molar-refractivity contribution is 7.25. The van der Waals surface area contributed by atoms with Crippen molar-refractivity contribution in [3.63, 3.8) is 0 Å². The molecular weight excluding hydrogens is 673 g/mol. The zero-order valence-corrected chi connectivity index (χ0v) is 30.8. The first-order chi connectivity index (χ1) is 26.6. The predicted molar refractivity (Wildman–Crippen MR) is 230 cm³/mol. The van der Waals surface area contributed by atoms with E-state index in [4.69, 9.17) is 0 Å². The molecule has 3 heteroatoms. The van der Waals surface area contributed by atoms with Crippen LogP contribution in [0.15, 0.2) is 170 Å². The van der Waals surface area contributed by atoms with Gasteiger partial charge in [0.25, 0.3) is 0 Å². The second-order valence-corrected chi connectivity index (χ2v) is 16.4. The lowest BCUT2D eigenvalue weighted by molar-refractivity contribution is 0.661. The van der Waals surface area contributed by atoms with E-state index in [1.165, 1.54) is 97.9 Å². The van der Waals surface area contributed by atoms with E-state index in [-0.39, 0.29) is 5.41 Å². The Kier molecular flexibility index (Phi) is 6.03. The lowest BCUT2D eigenvalue weighted by Crippen LogP contribution is -2.16. The topological polar surface area (TPSA) is 8.17 Å². The Morgan fingerprint density at radius 2 is 1.15 bits per heavy atom. The first-order valence-corrected chi connectivity index (χ1v) is 19.6. The van der Waals surface area contributed by atoms with Crippen molar-refractivity contribution in [3.05, 3.63) is 181 Å². The third-order valence-electron chi connectivity index (χ3n) is 12.1. The van der Waals surface area contributed by atoms with E-state index in [1.807, 2.05) is 11.3 Å². The molecule has 0 amide bonds. The van der Waals surface area contributed by atoms with Crippen molar-refractivity contribution in [2.45, 2.75) is 19.3 Å². The Morgan fingerprint density at radius 3 is 2.02 bits per heavy atom. The molecular formula is C51H34N2S. The normalized spacial score (nSPS) is 13.5. The van der Waals surface area contributed by atoms with Crippen LogP contribution in [0.4, 0.5) is 17.1 Å². The van der Waals surface area contributed by atoms with Crippen molar-refractivity contribution >= 4 is 70.4 Å². The summed E-state index contributed by atoms with van der Waals surface area (Å²) in [4.78, 5) is 2.51. The average molecular weight is 707 g/mol. The quantitative estimate of drug-likeness (QED) is 0.177. The van der Waals surface area contributed by atoms with Gasteiger partial charge in [0.05, 0.1) is 22.4 Å². The number of thiophene rings is 1. The van der Waals surface area contributed by atoms with Crippen LogP contribution >= 0.6 is 11.3 Å². The van der Waals surface area contributed by atoms with E-state index in [1.54, 1.807) is 0 Å². The molecule has 1 aliphatic carbocycles. The maximum absolute atomic E-state index is 2.55. The smallest absolute Gasteiger partial charge is 0.0623 e. The van der Waals surface area contributed by atoms with Crippen molar-refractivity contribution in [2.75, 3.05) is 4.90 Å². The van der Waals surface area contributed by atoms with E-state index >= 15 is 0 Å². The molecule has 3 heterocycles. The highest BCUT2D eigenvalue weighted by Gasteiger charge is 2.42. The standard InChI is InChI=1S/C51H34N2S/c1-51(2)40-27-28-44(47-38-16-7-10-18-43(38)53-42-17-9-6-14-35(42)37-25-26-41(51)49(48(40)47)50(37)53)52(33-22-20-32(21-23-33)31-12-4-3-5-13-31)34-24-29-46-39(30-34)36-15-8-11-19-45(36)54-46/h3-30H,1-2H3. The van der Waals surface area contributed by atoms with Crippen molar-refractivity contribution in [1.29, 1.82) is 0 Å². The van der Waals surface area contributed by atoms with Crippen LogP contribution in [-0.4, -0.2) is 4.57 Å². The van der Waals surface area contributed by atoms with Crippen LogP contribution in [0, 0.1) is 0 Å². The molecule has 2 aliphatic rings. The van der Waals surface area contributed by atoms with Gasteiger partial charge in [-0.15, -0.1) is 11.3 Å². The number of para-hydroxylation sites is 2. The summed E-state index contributed by atoms with van der Waals surface area (Å²) in [6, 6.07) is 63.3. The zero-order chi connectivity index (χ0) is 35.7. The maximum atomic E-state index is 2.55. The van der Waals surface area contributed by atoms with Gasteiger partial charge < -0.3 is 9.47 Å².